The third kappa shape index (κ3) is 4.73. The molecule has 0 amide bonds. The normalized spacial score (nSPS) is 18.1. The Bertz CT molecular complexity index is 1440. The van der Waals surface area contributed by atoms with Crippen LogP contribution >= 0.6 is 15.9 Å². The van der Waals surface area contributed by atoms with Crippen molar-refractivity contribution in [2.75, 3.05) is 25.6 Å². The highest BCUT2D eigenvalue weighted by atomic mass is 79.9. The predicted molar refractivity (Wildman–Crippen MR) is 148 cm³/mol. The summed E-state index contributed by atoms with van der Waals surface area (Å²) in [6.45, 7) is 6.13. The fraction of sp³-hybridized carbons (Fsp3) is 0.333. The fourth-order valence-electron chi connectivity index (χ4n) is 5.45. The Morgan fingerprint density at radius 2 is 1.89 bits per heavy atom. The molecule has 0 bridgehead atoms. The van der Waals surface area contributed by atoms with E-state index in [9.17, 15) is 9.59 Å². The molecule has 6 nitrogen and oxygen atoms in total. The third-order valence-electron chi connectivity index (χ3n) is 6.98. The number of benzene rings is 3. The average Bonchev–Trinajstić information content (AvgIpc) is 2.86. The van der Waals surface area contributed by atoms with E-state index < -0.39 is 5.97 Å². The summed E-state index contributed by atoms with van der Waals surface area (Å²) in [5, 5.41) is 5.95. The number of allylic oxidation sites excluding steroid dienone is 1. The number of rotatable bonds is 6. The summed E-state index contributed by atoms with van der Waals surface area (Å²) in [6.07, 6.45) is 1.29. The number of ketones is 1. The van der Waals surface area contributed by atoms with Crippen molar-refractivity contribution in [3.8, 4) is 11.5 Å². The number of halogens is 1. The third-order valence-corrected chi connectivity index (χ3v) is 7.67. The molecule has 5 rings (SSSR count). The number of Topliss-reactive ketones (excluding diaryl/α,β-unsaturated/α-hetero) is 1. The van der Waals surface area contributed by atoms with Crippen molar-refractivity contribution in [3.05, 3.63) is 69.7 Å². The number of nitrogens with one attached hydrogen (secondary N) is 1. The van der Waals surface area contributed by atoms with E-state index >= 15 is 0 Å². The minimum absolute atomic E-state index is 0.133. The van der Waals surface area contributed by atoms with Crippen LogP contribution in [-0.4, -0.2) is 32.1 Å². The number of anilines is 1. The zero-order valence-corrected chi connectivity index (χ0v) is 23.0. The Labute approximate surface area is 225 Å². The van der Waals surface area contributed by atoms with E-state index in [0.29, 0.717) is 17.9 Å². The van der Waals surface area contributed by atoms with Crippen LogP contribution in [0.25, 0.3) is 16.3 Å². The number of carbonyl (C=O) groups excluding carboxylic acids is 2. The average molecular weight is 564 g/mol. The van der Waals surface area contributed by atoms with Gasteiger partial charge in [0.05, 0.1) is 19.8 Å². The van der Waals surface area contributed by atoms with Gasteiger partial charge in [-0.3, -0.25) is 4.79 Å². The smallest absolute Gasteiger partial charge is 0.344 e. The minimum atomic E-state index is -0.451. The Morgan fingerprint density at radius 3 is 2.65 bits per heavy atom. The van der Waals surface area contributed by atoms with Gasteiger partial charge in [-0.05, 0) is 58.9 Å². The van der Waals surface area contributed by atoms with E-state index in [2.05, 4.69) is 59.4 Å². The molecule has 1 heterocycles. The van der Waals surface area contributed by atoms with Crippen LogP contribution in [0.1, 0.15) is 50.8 Å². The Morgan fingerprint density at radius 1 is 1.11 bits per heavy atom. The van der Waals surface area contributed by atoms with Gasteiger partial charge in [-0.2, -0.15) is 0 Å². The Kier molecular flexibility index (Phi) is 6.75. The van der Waals surface area contributed by atoms with Crippen LogP contribution in [0.2, 0.25) is 0 Å². The number of carbonyl (C=O) groups is 2. The van der Waals surface area contributed by atoms with Gasteiger partial charge in [-0.15, -0.1) is 0 Å². The molecule has 3 aromatic carbocycles. The molecule has 3 aromatic rings. The summed E-state index contributed by atoms with van der Waals surface area (Å²) >= 11 is 3.70. The van der Waals surface area contributed by atoms with E-state index in [0.717, 1.165) is 49.6 Å². The van der Waals surface area contributed by atoms with Gasteiger partial charge in [0.1, 0.15) is 0 Å². The highest BCUT2D eigenvalue weighted by molar-refractivity contribution is 9.10. The molecule has 1 N–H and O–H groups in total. The number of esters is 1. The van der Waals surface area contributed by atoms with Crippen LogP contribution in [0, 0.1) is 5.41 Å². The molecule has 0 fully saturated rings. The van der Waals surface area contributed by atoms with Gasteiger partial charge < -0.3 is 19.5 Å². The monoisotopic (exact) mass is 563 g/mol. The van der Waals surface area contributed by atoms with Gasteiger partial charge in [0.2, 0.25) is 0 Å². The lowest BCUT2D eigenvalue weighted by Crippen LogP contribution is -2.33. The Balaban J connectivity index is 1.64. The largest absolute Gasteiger partial charge is 0.493 e. The number of ether oxygens (including phenoxy) is 3. The van der Waals surface area contributed by atoms with Gasteiger partial charge in [-0.1, -0.05) is 60.1 Å². The molecule has 0 spiro atoms. The molecule has 0 saturated heterocycles. The van der Waals surface area contributed by atoms with Crippen LogP contribution in [-0.2, 0) is 14.3 Å². The number of fused-ring (bicyclic) bond motifs is 4. The lowest BCUT2D eigenvalue weighted by Gasteiger charge is -2.40. The predicted octanol–water partition coefficient (Wildman–Crippen LogP) is 6.86. The van der Waals surface area contributed by atoms with Crippen LogP contribution in [0.3, 0.4) is 0 Å². The van der Waals surface area contributed by atoms with Crippen molar-refractivity contribution in [1.82, 2.24) is 0 Å². The van der Waals surface area contributed by atoms with Crippen molar-refractivity contribution in [2.45, 2.75) is 39.7 Å². The lowest BCUT2D eigenvalue weighted by atomic mass is 9.68. The highest BCUT2D eigenvalue weighted by Crippen LogP contribution is 2.53. The van der Waals surface area contributed by atoms with Crippen LogP contribution in [0.4, 0.5) is 5.69 Å². The van der Waals surface area contributed by atoms with E-state index in [1.54, 1.807) is 20.1 Å². The summed E-state index contributed by atoms with van der Waals surface area (Å²) in [5.41, 5.74) is 4.74. The molecule has 0 unspecified atom stereocenters. The highest BCUT2D eigenvalue weighted by Gasteiger charge is 2.41. The van der Waals surface area contributed by atoms with E-state index in [-0.39, 0.29) is 30.5 Å². The molecule has 0 saturated carbocycles. The van der Waals surface area contributed by atoms with Gasteiger partial charge >= 0.3 is 5.97 Å². The molecule has 1 aliphatic carbocycles. The van der Waals surface area contributed by atoms with Gasteiger partial charge in [0.25, 0.3) is 0 Å². The summed E-state index contributed by atoms with van der Waals surface area (Å²) < 4.78 is 17.0. The number of hydrogen-bond acceptors (Lipinski definition) is 6. The summed E-state index contributed by atoms with van der Waals surface area (Å²) in [6, 6.07) is 15.8. The molecular formula is C30H30BrNO5. The van der Waals surface area contributed by atoms with Gasteiger partial charge in [0, 0.05) is 27.7 Å². The molecular weight excluding hydrogens is 534 g/mol. The number of hydrogen-bond donors (Lipinski definition) is 1. The molecule has 37 heavy (non-hydrogen) atoms. The molecule has 0 radical (unpaired) electrons. The van der Waals surface area contributed by atoms with Crippen LogP contribution in [0.15, 0.2) is 58.6 Å². The van der Waals surface area contributed by atoms with E-state index in [1.165, 1.54) is 0 Å². The van der Waals surface area contributed by atoms with Gasteiger partial charge in [0.15, 0.2) is 23.9 Å². The maximum Gasteiger partial charge on any atom is 0.344 e. The molecule has 2 aliphatic rings. The van der Waals surface area contributed by atoms with Crippen molar-refractivity contribution in [1.29, 1.82) is 0 Å². The first-order valence-corrected chi connectivity index (χ1v) is 13.2. The minimum Gasteiger partial charge on any atom is -0.493 e. The maximum atomic E-state index is 13.7. The number of methoxy groups -OCH3 is 1. The fourth-order valence-corrected chi connectivity index (χ4v) is 6.01. The van der Waals surface area contributed by atoms with Crippen LogP contribution in [0.5, 0.6) is 11.5 Å². The molecule has 192 valence electrons. The molecule has 1 atom stereocenters. The summed E-state index contributed by atoms with van der Waals surface area (Å²) in [5.74, 6) is 0.585. The quantitative estimate of drug-likeness (QED) is 0.330. The standard InChI is InChI=1S/C30H30BrNO5/c1-5-36-26(34)16-37-25-13-21(31)19(12-24(25)35-4)29-28-20(14-30(2,3)15-23(28)33)27-18-9-7-6-8-17(18)10-11-22(27)32-29/h6-13,29,32H,5,14-16H2,1-4H3/t29-/m0/s1. The second-order valence-corrected chi connectivity index (χ2v) is 11.1. The van der Waals surface area contributed by atoms with E-state index in [4.69, 9.17) is 14.2 Å². The second-order valence-electron chi connectivity index (χ2n) is 10.2. The molecule has 1 aliphatic heterocycles. The maximum absolute atomic E-state index is 13.7. The summed E-state index contributed by atoms with van der Waals surface area (Å²) in [7, 11) is 1.55. The van der Waals surface area contributed by atoms with E-state index in [1.807, 2.05) is 18.2 Å². The van der Waals surface area contributed by atoms with Crippen molar-refractivity contribution < 1.29 is 23.8 Å². The first kappa shape index (κ1) is 25.3. The van der Waals surface area contributed by atoms with Crippen molar-refractivity contribution in [3.63, 3.8) is 0 Å². The Hall–Kier alpha value is -3.32. The first-order valence-electron chi connectivity index (χ1n) is 12.4. The van der Waals surface area contributed by atoms with Crippen LogP contribution < -0.4 is 14.8 Å². The first-order chi connectivity index (χ1) is 17.7. The molecule has 7 heteroatoms. The van der Waals surface area contributed by atoms with Gasteiger partial charge in [-0.25, -0.2) is 4.79 Å². The molecule has 0 aromatic heterocycles. The van der Waals surface area contributed by atoms with Crippen molar-refractivity contribution in [2.24, 2.45) is 5.41 Å². The zero-order valence-electron chi connectivity index (χ0n) is 21.4. The second kappa shape index (κ2) is 9.86. The van der Waals surface area contributed by atoms with Crippen molar-refractivity contribution >= 4 is 49.7 Å². The SMILES string of the molecule is CCOC(=O)COc1cc(Br)c([C@@H]2Nc3ccc4ccccc4c3C3=C2C(=O)CC(C)(C)C3)cc1OC. The zero-order chi connectivity index (χ0) is 26.3. The lowest BCUT2D eigenvalue weighted by molar-refractivity contribution is -0.145. The topological polar surface area (TPSA) is 73.9 Å². The summed E-state index contributed by atoms with van der Waals surface area (Å²) in [4.78, 5) is 25.5.